The number of rotatable bonds is 2. The number of hydrogen-bond acceptors (Lipinski definition) is 0. The first-order chi connectivity index (χ1) is 8.43. The van der Waals surface area contributed by atoms with Gasteiger partial charge in [-0.1, -0.05) is 72.2 Å². The second kappa shape index (κ2) is 4.89. The fraction of sp³-hybridized carbons (Fsp3) is 0.294. The lowest BCUT2D eigenvalue weighted by atomic mass is 9.77. The second-order valence-electron chi connectivity index (χ2n) is 5.42. The minimum absolute atomic E-state index is 0.0392. The van der Waals surface area contributed by atoms with Gasteiger partial charge < -0.3 is 0 Å². The Balaban J connectivity index is 2.54. The van der Waals surface area contributed by atoms with Crippen LogP contribution in [-0.4, -0.2) is 0 Å². The van der Waals surface area contributed by atoms with Crippen LogP contribution in [0.4, 0.5) is 0 Å². The molecule has 0 fully saturated rings. The lowest BCUT2D eigenvalue weighted by Crippen LogP contribution is -2.19. The quantitative estimate of drug-likeness (QED) is 0.697. The Bertz CT molecular complexity index is 530. The predicted octanol–water partition coefficient (Wildman–Crippen LogP) is 5.39. The monoisotopic (exact) mass is 302 g/mol. The van der Waals surface area contributed by atoms with Gasteiger partial charge in [-0.25, -0.2) is 0 Å². The molecule has 0 heterocycles. The first kappa shape index (κ1) is 13.4. The van der Waals surface area contributed by atoms with Gasteiger partial charge in [-0.05, 0) is 36.1 Å². The molecule has 0 spiro atoms. The Hall–Kier alpha value is -1.08. The van der Waals surface area contributed by atoms with Gasteiger partial charge in [-0.3, -0.25) is 0 Å². The van der Waals surface area contributed by atoms with Gasteiger partial charge in [0.25, 0.3) is 0 Å². The van der Waals surface area contributed by atoms with Crippen LogP contribution >= 0.6 is 15.9 Å². The zero-order chi connectivity index (χ0) is 13.3. The summed E-state index contributed by atoms with van der Waals surface area (Å²) in [5.74, 6) is 0. The highest BCUT2D eigenvalue weighted by Crippen LogP contribution is 2.34. The van der Waals surface area contributed by atoms with E-state index in [1.54, 1.807) is 0 Å². The van der Waals surface area contributed by atoms with Crippen molar-refractivity contribution in [3.8, 4) is 0 Å². The molecule has 18 heavy (non-hydrogen) atoms. The molecule has 0 saturated heterocycles. The second-order valence-corrected chi connectivity index (χ2v) is 6.21. The summed E-state index contributed by atoms with van der Waals surface area (Å²) in [6.07, 6.45) is 0. The van der Waals surface area contributed by atoms with Crippen molar-refractivity contribution in [3.05, 3.63) is 69.2 Å². The fourth-order valence-corrected chi connectivity index (χ4v) is 2.56. The molecule has 0 N–H and O–H groups in total. The van der Waals surface area contributed by atoms with E-state index in [1.165, 1.54) is 26.7 Å². The SMILES string of the molecule is Cc1cc(C(C)(C)c2ccccc2)cc(C)c1Br. The van der Waals surface area contributed by atoms with Crippen LogP contribution in [0.1, 0.15) is 36.1 Å². The summed E-state index contributed by atoms with van der Waals surface area (Å²) in [5, 5.41) is 0. The molecule has 2 aromatic rings. The molecule has 0 radical (unpaired) electrons. The summed E-state index contributed by atoms with van der Waals surface area (Å²) in [6.45, 7) is 8.87. The number of hydrogen-bond donors (Lipinski definition) is 0. The van der Waals surface area contributed by atoms with Gasteiger partial charge in [0.1, 0.15) is 0 Å². The predicted molar refractivity (Wildman–Crippen MR) is 82.2 cm³/mol. The molecule has 0 unspecified atom stereocenters. The van der Waals surface area contributed by atoms with Gasteiger partial charge >= 0.3 is 0 Å². The number of benzene rings is 2. The Morgan fingerprint density at radius 1 is 0.833 bits per heavy atom. The lowest BCUT2D eigenvalue weighted by Gasteiger charge is -2.27. The van der Waals surface area contributed by atoms with E-state index in [1.807, 2.05) is 0 Å². The van der Waals surface area contributed by atoms with Gasteiger partial charge in [0.2, 0.25) is 0 Å². The average molecular weight is 303 g/mol. The highest BCUT2D eigenvalue weighted by molar-refractivity contribution is 9.10. The normalized spacial score (nSPS) is 11.6. The van der Waals surface area contributed by atoms with Crippen molar-refractivity contribution < 1.29 is 0 Å². The molecule has 2 aromatic carbocycles. The van der Waals surface area contributed by atoms with Crippen molar-refractivity contribution >= 4 is 15.9 Å². The third kappa shape index (κ3) is 2.37. The van der Waals surface area contributed by atoms with E-state index in [4.69, 9.17) is 0 Å². The van der Waals surface area contributed by atoms with Crippen LogP contribution in [0.15, 0.2) is 46.9 Å². The largest absolute Gasteiger partial charge is 0.0622 e. The highest BCUT2D eigenvalue weighted by Gasteiger charge is 2.23. The summed E-state index contributed by atoms with van der Waals surface area (Å²) in [5.41, 5.74) is 5.36. The fourth-order valence-electron chi connectivity index (χ4n) is 2.33. The van der Waals surface area contributed by atoms with Crippen molar-refractivity contribution in [2.75, 3.05) is 0 Å². The molecule has 0 aliphatic rings. The van der Waals surface area contributed by atoms with Crippen molar-refractivity contribution in [1.82, 2.24) is 0 Å². The van der Waals surface area contributed by atoms with Gasteiger partial charge in [0, 0.05) is 9.89 Å². The highest BCUT2D eigenvalue weighted by atomic mass is 79.9. The van der Waals surface area contributed by atoms with E-state index in [2.05, 4.69) is 86.1 Å². The molecular formula is C17H19Br. The van der Waals surface area contributed by atoms with Crippen LogP contribution in [0.3, 0.4) is 0 Å². The molecule has 0 nitrogen and oxygen atoms in total. The van der Waals surface area contributed by atoms with E-state index >= 15 is 0 Å². The van der Waals surface area contributed by atoms with Crippen LogP contribution in [0, 0.1) is 13.8 Å². The van der Waals surface area contributed by atoms with Crippen LogP contribution in [0.2, 0.25) is 0 Å². The zero-order valence-corrected chi connectivity index (χ0v) is 13.0. The number of aryl methyl sites for hydroxylation is 2. The summed E-state index contributed by atoms with van der Waals surface area (Å²) in [4.78, 5) is 0. The zero-order valence-electron chi connectivity index (χ0n) is 11.4. The lowest BCUT2D eigenvalue weighted by molar-refractivity contribution is 0.639. The maximum atomic E-state index is 3.64. The molecule has 0 atom stereocenters. The third-order valence-corrected chi connectivity index (χ3v) is 4.90. The van der Waals surface area contributed by atoms with Crippen molar-refractivity contribution in [2.24, 2.45) is 0 Å². The average Bonchev–Trinajstić information content (AvgIpc) is 2.36. The molecule has 0 aliphatic carbocycles. The van der Waals surface area contributed by atoms with Crippen molar-refractivity contribution in [1.29, 1.82) is 0 Å². The summed E-state index contributed by atoms with van der Waals surface area (Å²) in [7, 11) is 0. The topological polar surface area (TPSA) is 0 Å². The van der Waals surface area contributed by atoms with E-state index in [-0.39, 0.29) is 5.41 Å². The van der Waals surface area contributed by atoms with Crippen LogP contribution in [0.5, 0.6) is 0 Å². The van der Waals surface area contributed by atoms with Gasteiger partial charge in [-0.15, -0.1) is 0 Å². The molecule has 0 aromatic heterocycles. The summed E-state index contributed by atoms with van der Waals surface area (Å²) < 4.78 is 1.22. The Kier molecular flexibility index (Phi) is 3.63. The minimum Gasteiger partial charge on any atom is -0.0622 e. The van der Waals surface area contributed by atoms with Crippen LogP contribution in [-0.2, 0) is 5.41 Å². The standard InChI is InChI=1S/C17H19Br/c1-12-10-15(11-13(2)16(12)18)17(3,4)14-8-6-5-7-9-14/h5-11H,1-4H3. The minimum atomic E-state index is 0.0392. The third-order valence-electron chi connectivity index (χ3n) is 3.65. The molecule has 94 valence electrons. The van der Waals surface area contributed by atoms with E-state index in [0.717, 1.165) is 0 Å². The van der Waals surface area contributed by atoms with Gasteiger partial charge in [0.05, 0.1) is 0 Å². The Morgan fingerprint density at radius 3 is 1.83 bits per heavy atom. The molecule has 0 saturated carbocycles. The Morgan fingerprint density at radius 2 is 1.33 bits per heavy atom. The van der Waals surface area contributed by atoms with Gasteiger partial charge in [-0.2, -0.15) is 0 Å². The van der Waals surface area contributed by atoms with E-state index in [0.29, 0.717) is 0 Å². The summed E-state index contributed by atoms with van der Waals surface area (Å²) >= 11 is 3.64. The molecule has 1 heteroatoms. The maximum absolute atomic E-state index is 3.64. The van der Waals surface area contributed by atoms with Crippen molar-refractivity contribution in [2.45, 2.75) is 33.1 Å². The first-order valence-electron chi connectivity index (χ1n) is 6.25. The molecule has 0 amide bonds. The molecule has 0 bridgehead atoms. The number of halogens is 1. The smallest absolute Gasteiger partial charge is 0.0233 e. The van der Waals surface area contributed by atoms with Crippen LogP contribution in [0.25, 0.3) is 0 Å². The van der Waals surface area contributed by atoms with Crippen molar-refractivity contribution in [3.63, 3.8) is 0 Å². The molecule has 2 rings (SSSR count). The van der Waals surface area contributed by atoms with Gasteiger partial charge in [0.15, 0.2) is 0 Å². The van der Waals surface area contributed by atoms with E-state index < -0.39 is 0 Å². The summed E-state index contributed by atoms with van der Waals surface area (Å²) in [6, 6.07) is 15.2. The Labute approximate surface area is 118 Å². The van der Waals surface area contributed by atoms with Crippen LogP contribution < -0.4 is 0 Å². The van der Waals surface area contributed by atoms with E-state index in [9.17, 15) is 0 Å². The maximum Gasteiger partial charge on any atom is 0.0233 e. The first-order valence-corrected chi connectivity index (χ1v) is 7.05. The molecule has 0 aliphatic heterocycles. The molecular weight excluding hydrogens is 284 g/mol.